The average molecular weight is 349 g/mol. The van der Waals surface area contributed by atoms with E-state index in [1.807, 2.05) is 23.2 Å². The third kappa shape index (κ3) is 3.26. The van der Waals surface area contributed by atoms with Gasteiger partial charge in [-0.2, -0.15) is 10.2 Å². The van der Waals surface area contributed by atoms with Crippen LogP contribution in [0.25, 0.3) is 5.82 Å². The van der Waals surface area contributed by atoms with Crippen LogP contribution in [-0.4, -0.2) is 42.4 Å². The molecule has 1 saturated heterocycles. The second-order valence-electron chi connectivity index (χ2n) is 6.45. The second-order valence-corrected chi connectivity index (χ2v) is 6.45. The minimum absolute atomic E-state index is 0.0409. The first kappa shape index (κ1) is 16.2. The van der Waals surface area contributed by atoms with Crippen LogP contribution in [0.15, 0.2) is 55.2 Å². The van der Waals surface area contributed by atoms with Crippen molar-refractivity contribution in [2.75, 3.05) is 11.9 Å². The Hall–Kier alpha value is -3.29. The number of nitrogens with zero attached hydrogens (tertiary/aromatic N) is 6. The summed E-state index contributed by atoms with van der Waals surface area (Å²) >= 11 is 0. The lowest BCUT2D eigenvalue weighted by Crippen LogP contribution is -2.35. The highest BCUT2D eigenvalue weighted by molar-refractivity contribution is 5.89. The molecule has 1 N–H and O–H groups in total. The molecule has 1 aliphatic rings. The quantitative estimate of drug-likeness (QED) is 0.785. The Morgan fingerprint density at radius 3 is 2.69 bits per heavy atom. The molecule has 26 heavy (non-hydrogen) atoms. The van der Waals surface area contributed by atoms with Gasteiger partial charge in [-0.05, 0) is 36.1 Å². The van der Waals surface area contributed by atoms with Gasteiger partial charge in [-0.1, -0.05) is 13.0 Å². The van der Waals surface area contributed by atoms with Crippen molar-refractivity contribution in [3.8, 4) is 5.82 Å². The average Bonchev–Trinajstić information content (AvgIpc) is 3.33. The summed E-state index contributed by atoms with van der Waals surface area (Å²) in [6.07, 6.45) is 9.29. The normalized spacial score (nSPS) is 19.5. The lowest BCUT2D eigenvalue weighted by Gasteiger charge is -2.25. The van der Waals surface area contributed by atoms with Gasteiger partial charge in [0.2, 0.25) is 0 Å². The number of carbonyl (C=O) groups excluding carboxylic acids is 1. The largest absolute Gasteiger partial charge is 0.322 e. The van der Waals surface area contributed by atoms with Gasteiger partial charge in [-0.3, -0.25) is 4.98 Å². The molecule has 0 bridgehead atoms. The van der Waals surface area contributed by atoms with Crippen LogP contribution in [0.3, 0.4) is 0 Å². The third-order valence-corrected chi connectivity index (χ3v) is 4.46. The monoisotopic (exact) mass is 349 g/mol. The zero-order chi connectivity index (χ0) is 17.9. The molecule has 2 atom stereocenters. The number of hydrogen-bond donors (Lipinski definition) is 1. The maximum Gasteiger partial charge on any atom is 0.322 e. The SMILES string of the molecule is CC1CC(c2cccnc2)N(C(=O)Nc2ccc(-n3nccn3)nc2)C1. The van der Waals surface area contributed by atoms with Gasteiger partial charge >= 0.3 is 6.03 Å². The highest BCUT2D eigenvalue weighted by atomic mass is 16.2. The highest BCUT2D eigenvalue weighted by Crippen LogP contribution is 2.35. The van der Waals surface area contributed by atoms with Crippen LogP contribution in [0, 0.1) is 5.92 Å². The van der Waals surface area contributed by atoms with Gasteiger partial charge in [0.15, 0.2) is 5.82 Å². The van der Waals surface area contributed by atoms with Crippen LogP contribution < -0.4 is 5.32 Å². The molecule has 8 nitrogen and oxygen atoms in total. The van der Waals surface area contributed by atoms with Gasteiger partial charge < -0.3 is 10.2 Å². The smallest absolute Gasteiger partial charge is 0.317 e. The van der Waals surface area contributed by atoms with Crippen molar-refractivity contribution in [3.63, 3.8) is 0 Å². The van der Waals surface area contributed by atoms with Crippen LogP contribution in [-0.2, 0) is 0 Å². The fourth-order valence-electron chi connectivity index (χ4n) is 3.27. The number of rotatable bonds is 3. The number of likely N-dealkylation sites (tertiary alicyclic amines) is 1. The number of anilines is 1. The summed E-state index contributed by atoms with van der Waals surface area (Å²) < 4.78 is 0. The topological polar surface area (TPSA) is 88.8 Å². The minimum atomic E-state index is -0.130. The van der Waals surface area contributed by atoms with E-state index in [1.165, 1.54) is 4.80 Å². The fourth-order valence-corrected chi connectivity index (χ4v) is 3.27. The number of pyridine rings is 2. The maximum absolute atomic E-state index is 12.8. The van der Waals surface area contributed by atoms with Crippen LogP contribution in [0.1, 0.15) is 24.9 Å². The first-order chi connectivity index (χ1) is 12.7. The van der Waals surface area contributed by atoms with Gasteiger partial charge in [-0.15, -0.1) is 4.80 Å². The molecule has 4 rings (SSSR count). The van der Waals surface area contributed by atoms with Crippen LogP contribution in [0.2, 0.25) is 0 Å². The minimum Gasteiger partial charge on any atom is -0.317 e. The molecule has 2 amide bonds. The van der Waals surface area contributed by atoms with E-state index in [0.29, 0.717) is 24.0 Å². The van der Waals surface area contributed by atoms with E-state index >= 15 is 0 Å². The van der Waals surface area contributed by atoms with Crippen molar-refractivity contribution >= 4 is 11.7 Å². The first-order valence-corrected chi connectivity index (χ1v) is 8.51. The predicted octanol–water partition coefficient (Wildman–Crippen LogP) is 2.67. The zero-order valence-electron chi connectivity index (χ0n) is 14.4. The van der Waals surface area contributed by atoms with Gasteiger partial charge in [-0.25, -0.2) is 9.78 Å². The van der Waals surface area contributed by atoms with E-state index in [1.54, 1.807) is 36.9 Å². The summed E-state index contributed by atoms with van der Waals surface area (Å²) in [6, 6.07) is 7.39. The summed E-state index contributed by atoms with van der Waals surface area (Å²) in [4.78, 5) is 24.6. The zero-order valence-corrected chi connectivity index (χ0v) is 14.4. The predicted molar refractivity (Wildman–Crippen MR) is 95.6 cm³/mol. The van der Waals surface area contributed by atoms with E-state index in [9.17, 15) is 4.79 Å². The van der Waals surface area contributed by atoms with Crippen LogP contribution in [0.4, 0.5) is 10.5 Å². The molecule has 132 valence electrons. The van der Waals surface area contributed by atoms with Crippen molar-refractivity contribution in [2.24, 2.45) is 5.92 Å². The number of aromatic nitrogens is 5. The molecule has 0 radical (unpaired) electrons. The Morgan fingerprint density at radius 1 is 1.15 bits per heavy atom. The van der Waals surface area contributed by atoms with E-state index < -0.39 is 0 Å². The molecule has 3 aromatic rings. The Bertz CT molecular complexity index is 864. The fraction of sp³-hybridized carbons (Fsp3) is 0.278. The van der Waals surface area contributed by atoms with Gasteiger partial charge in [0.1, 0.15) is 0 Å². The molecule has 0 aliphatic carbocycles. The maximum atomic E-state index is 12.8. The number of nitrogens with one attached hydrogen (secondary N) is 1. The Kier molecular flexibility index (Phi) is 4.30. The molecule has 1 aliphatic heterocycles. The van der Waals surface area contributed by atoms with E-state index in [4.69, 9.17) is 0 Å². The van der Waals surface area contributed by atoms with Crippen molar-refractivity contribution in [1.82, 2.24) is 29.9 Å². The molecular weight excluding hydrogens is 330 g/mol. The van der Waals surface area contributed by atoms with Crippen molar-refractivity contribution in [2.45, 2.75) is 19.4 Å². The molecule has 4 heterocycles. The van der Waals surface area contributed by atoms with Gasteiger partial charge in [0.25, 0.3) is 0 Å². The van der Waals surface area contributed by atoms with E-state index in [2.05, 4.69) is 32.4 Å². The van der Waals surface area contributed by atoms with Crippen LogP contribution in [0.5, 0.6) is 0 Å². The number of amides is 2. The van der Waals surface area contributed by atoms with E-state index in [-0.39, 0.29) is 12.1 Å². The first-order valence-electron chi connectivity index (χ1n) is 8.51. The van der Waals surface area contributed by atoms with E-state index in [0.717, 1.165) is 12.0 Å². The summed E-state index contributed by atoms with van der Waals surface area (Å²) in [6.45, 7) is 2.87. The number of carbonyl (C=O) groups is 1. The molecular formula is C18H19N7O. The molecule has 2 unspecified atom stereocenters. The molecule has 0 spiro atoms. The summed E-state index contributed by atoms with van der Waals surface area (Å²) in [5.74, 6) is 1.04. The van der Waals surface area contributed by atoms with Crippen molar-refractivity contribution in [1.29, 1.82) is 0 Å². The third-order valence-electron chi connectivity index (χ3n) is 4.46. The lowest BCUT2D eigenvalue weighted by molar-refractivity contribution is 0.206. The highest BCUT2D eigenvalue weighted by Gasteiger charge is 2.34. The molecule has 0 saturated carbocycles. The Morgan fingerprint density at radius 2 is 2.00 bits per heavy atom. The number of urea groups is 1. The standard InChI is InChI=1S/C18H19N7O/c1-13-9-16(14-3-2-6-19-10-14)24(12-13)18(26)23-15-4-5-17(20-11-15)25-21-7-8-22-25/h2-8,10-11,13,16H,9,12H2,1H3,(H,23,26). The second kappa shape index (κ2) is 6.91. The van der Waals surface area contributed by atoms with Gasteiger partial charge in [0.05, 0.1) is 30.3 Å². The lowest BCUT2D eigenvalue weighted by atomic mass is 10.0. The van der Waals surface area contributed by atoms with Crippen molar-refractivity contribution < 1.29 is 4.79 Å². The summed E-state index contributed by atoms with van der Waals surface area (Å²) in [5, 5.41) is 11.0. The number of hydrogen-bond acceptors (Lipinski definition) is 5. The molecule has 3 aromatic heterocycles. The molecule has 8 heteroatoms. The Balaban J connectivity index is 1.48. The van der Waals surface area contributed by atoms with Crippen molar-refractivity contribution in [3.05, 3.63) is 60.8 Å². The Labute approximate surface area is 150 Å². The molecule has 1 fully saturated rings. The van der Waals surface area contributed by atoms with Gasteiger partial charge in [0, 0.05) is 18.9 Å². The summed E-state index contributed by atoms with van der Waals surface area (Å²) in [5.41, 5.74) is 1.70. The van der Waals surface area contributed by atoms with Crippen LogP contribution >= 0.6 is 0 Å². The molecule has 0 aromatic carbocycles. The summed E-state index contributed by atoms with van der Waals surface area (Å²) in [7, 11) is 0.